The highest BCUT2D eigenvalue weighted by Gasteiger charge is 2.15. The molecular formula is C13H9Cl2NO3S. The summed E-state index contributed by atoms with van der Waals surface area (Å²) in [4.78, 5) is 10.6. The third-order valence-corrected chi connectivity index (χ3v) is 4.22. The van der Waals surface area contributed by atoms with Crippen molar-refractivity contribution in [3.05, 3.63) is 58.1 Å². The number of anilines is 1. The molecule has 4 nitrogen and oxygen atoms in total. The second kappa shape index (κ2) is 5.83. The number of aldehydes is 1. The molecule has 0 unspecified atom stereocenters. The lowest BCUT2D eigenvalue weighted by atomic mass is 10.2. The lowest BCUT2D eigenvalue weighted by Gasteiger charge is -2.09. The van der Waals surface area contributed by atoms with Crippen LogP contribution in [0.4, 0.5) is 5.69 Å². The largest absolute Gasteiger partial charge is 0.298 e. The molecule has 2 aromatic rings. The zero-order valence-electron chi connectivity index (χ0n) is 10.0. The molecule has 0 saturated carbocycles. The van der Waals surface area contributed by atoms with Gasteiger partial charge in [-0.2, -0.15) is 0 Å². The second-order valence-corrected chi connectivity index (χ2v) is 6.51. The van der Waals surface area contributed by atoms with Crippen LogP contribution in [-0.2, 0) is 10.0 Å². The van der Waals surface area contributed by atoms with E-state index in [1.807, 2.05) is 0 Å². The highest BCUT2D eigenvalue weighted by Crippen LogP contribution is 2.24. The van der Waals surface area contributed by atoms with Crippen LogP contribution in [0.5, 0.6) is 0 Å². The maximum atomic E-state index is 12.2. The van der Waals surface area contributed by atoms with Gasteiger partial charge in [-0.15, -0.1) is 0 Å². The molecule has 0 aliphatic rings. The minimum Gasteiger partial charge on any atom is -0.298 e. The molecule has 7 heteroatoms. The van der Waals surface area contributed by atoms with Crippen molar-refractivity contribution in [3.63, 3.8) is 0 Å². The standard InChI is InChI=1S/C13H9Cl2NO3S/c14-10-5-11(15)7-13(6-10)20(18,19)16-12-3-1-2-9(4-12)8-17/h1-8,16H. The third-order valence-electron chi connectivity index (χ3n) is 2.42. The van der Waals surface area contributed by atoms with Gasteiger partial charge in [-0.25, -0.2) is 8.42 Å². The SMILES string of the molecule is O=Cc1cccc(NS(=O)(=O)c2cc(Cl)cc(Cl)c2)c1. The molecule has 1 N–H and O–H groups in total. The van der Waals surface area contributed by atoms with Gasteiger partial charge in [-0.05, 0) is 30.3 Å². The Morgan fingerprint density at radius 3 is 2.25 bits per heavy atom. The van der Waals surface area contributed by atoms with Gasteiger partial charge in [0.25, 0.3) is 10.0 Å². The Hall–Kier alpha value is -1.56. The molecule has 0 fully saturated rings. The van der Waals surface area contributed by atoms with E-state index in [0.29, 0.717) is 11.8 Å². The molecule has 0 atom stereocenters. The quantitative estimate of drug-likeness (QED) is 0.871. The number of hydrogen-bond donors (Lipinski definition) is 1. The highest BCUT2D eigenvalue weighted by molar-refractivity contribution is 7.92. The van der Waals surface area contributed by atoms with Crippen molar-refractivity contribution in [2.45, 2.75) is 4.90 Å². The number of benzene rings is 2. The van der Waals surface area contributed by atoms with Gasteiger partial charge in [-0.3, -0.25) is 9.52 Å². The first-order valence-electron chi connectivity index (χ1n) is 5.45. The zero-order valence-corrected chi connectivity index (χ0v) is 12.3. The molecule has 0 aromatic heterocycles. The minimum absolute atomic E-state index is 0.0495. The van der Waals surface area contributed by atoms with Crippen molar-refractivity contribution < 1.29 is 13.2 Å². The van der Waals surface area contributed by atoms with Crippen LogP contribution < -0.4 is 4.72 Å². The molecule has 104 valence electrons. The summed E-state index contributed by atoms with van der Waals surface area (Å²) in [5, 5.41) is 0.444. The Kier molecular flexibility index (Phi) is 4.32. The molecule has 0 radical (unpaired) electrons. The molecule has 20 heavy (non-hydrogen) atoms. The van der Waals surface area contributed by atoms with Crippen LogP contribution in [-0.4, -0.2) is 14.7 Å². The van der Waals surface area contributed by atoms with Gasteiger partial charge < -0.3 is 0 Å². The molecule has 0 amide bonds. The molecule has 0 bridgehead atoms. The molecule has 0 heterocycles. The van der Waals surface area contributed by atoms with Crippen LogP contribution in [0.1, 0.15) is 10.4 Å². The van der Waals surface area contributed by atoms with Crippen LogP contribution in [0, 0.1) is 0 Å². The molecule has 2 aromatic carbocycles. The van der Waals surface area contributed by atoms with E-state index in [0.717, 1.165) is 0 Å². The van der Waals surface area contributed by atoms with E-state index >= 15 is 0 Å². The van der Waals surface area contributed by atoms with Gasteiger partial charge in [0.15, 0.2) is 0 Å². The van der Waals surface area contributed by atoms with Gasteiger partial charge in [0.1, 0.15) is 6.29 Å². The van der Waals surface area contributed by atoms with Crippen molar-refractivity contribution in [1.82, 2.24) is 0 Å². The molecule has 0 aliphatic carbocycles. The average Bonchev–Trinajstić information content (AvgIpc) is 2.37. The Balaban J connectivity index is 2.37. The van der Waals surface area contributed by atoms with Crippen LogP contribution in [0.25, 0.3) is 0 Å². The Morgan fingerprint density at radius 2 is 1.65 bits per heavy atom. The van der Waals surface area contributed by atoms with Gasteiger partial charge in [0.2, 0.25) is 0 Å². The lowest BCUT2D eigenvalue weighted by molar-refractivity contribution is 0.112. The summed E-state index contributed by atoms with van der Waals surface area (Å²) in [5.41, 5.74) is 0.653. The molecule has 0 saturated heterocycles. The van der Waals surface area contributed by atoms with Crippen LogP contribution in [0.15, 0.2) is 47.4 Å². The number of sulfonamides is 1. The Labute approximate surface area is 126 Å². The summed E-state index contributed by atoms with van der Waals surface area (Å²) in [6.45, 7) is 0. The molecular weight excluding hydrogens is 321 g/mol. The fourth-order valence-corrected chi connectivity index (χ4v) is 3.35. The van der Waals surface area contributed by atoms with E-state index in [-0.39, 0.29) is 20.6 Å². The van der Waals surface area contributed by atoms with Crippen molar-refractivity contribution in [3.8, 4) is 0 Å². The smallest absolute Gasteiger partial charge is 0.261 e. The fourth-order valence-electron chi connectivity index (χ4n) is 1.57. The van der Waals surface area contributed by atoms with Crippen LogP contribution in [0.2, 0.25) is 10.0 Å². The number of carbonyl (C=O) groups excluding carboxylic acids is 1. The number of carbonyl (C=O) groups is 1. The second-order valence-electron chi connectivity index (χ2n) is 3.95. The molecule has 0 spiro atoms. The van der Waals surface area contributed by atoms with Crippen molar-refractivity contribution in [2.75, 3.05) is 4.72 Å². The van der Waals surface area contributed by atoms with Gasteiger partial charge in [0, 0.05) is 21.3 Å². The topological polar surface area (TPSA) is 63.2 Å². The van der Waals surface area contributed by atoms with E-state index in [1.54, 1.807) is 12.1 Å². The van der Waals surface area contributed by atoms with Crippen LogP contribution in [0.3, 0.4) is 0 Å². The average molecular weight is 330 g/mol. The van der Waals surface area contributed by atoms with Gasteiger partial charge in [0.05, 0.1) is 4.90 Å². The van der Waals surface area contributed by atoms with Gasteiger partial charge >= 0.3 is 0 Å². The zero-order chi connectivity index (χ0) is 14.8. The monoisotopic (exact) mass is 329 g/mol. The summed E-state index contributed by atoms with van der Waals surface area (Å²) in [6, 6.07) is 10.1. The Bertz CT molecular complexity index is 740. The van der Waals surface area contributed by atoms with Crippen molar-refractivity contribution >= 4 is 45.2 Å². The minimum atomic E-state index is -3.82. The predicted octanol–water partition coefficient (Wildman–Crippen LogP) is 3.61. The fraction of sp³-hybridized carbons (Fsp3) is 0. The van der Waals surface area contributed by atoms with E-state index in [2.05, 4.69) is 4.72 Å². The number of hydrogen-bond acceptors (Lipinski definition) is 3. The normalized spacial score (nSPS) is 11.1. The van der Waals surface area contributed by atoms with E-state index < -0.39 is 10.0 Å². The molecule has 2 rings (SSSR count). The summed E-state index contributed by atoms with van der Waals surface area (Å²) in [5.74, 6) is 0. The highest BCUT2D eigenvalue weighted by atomic mass is 35.5. The van der Waals surface area contributed by atoms with E-state index in [1.165, 1.54) is 30.3 Å². The summed E-state index contributed by atoms with van der Waals surface area (Å²) in [6.07, 6.45) is 0.633. The van der Waals surface area contributed by atoms with E-state index in [4.69, 9.17) is 23.2 Å². The summed E-state index contributed by atoms with van der Waals surface area (Å²) >= 11 is 11.6. The first kappa shape index (κ1) is 14.8. The molecule has 0 aliphatic heterocycles. The van der Waals surface area contributed by atoms with Gasteiger partial charge in [-0.1, -0.05) is 35.3 Å². The number of nitrogens with one attached hydrogen (secondary N) is 1. The third kappa shape index (κ3) is 3.50. The predicted molar refractivity (Wildman–Crippen MR) is 79.1 cm³/mol. The number of halogens is 2. The summed E-state index contributed by atoms with van der Waals surface area (Å²) < 4.78 is 26.7. The van der Waals surface area contributed by atoms with Crippen molar-refractivity contribution in [2.24, 2.45) is 0 Å². The van der Waals surface area contributed by atoms with Crippen LogP contribution >= 0.6 is 23.2 Å². The Morgan fingerprint density at radius 1 is 1.00 bits per heavy atom. The maximum Gasteiger partial charge on any atom is 0.261 e. The summed E-state index contributed by atoms with van der Waals surface area (Å²) in [7, 11) is -3.82. The maximum absolute atomic E-state index is 12.2. The lowest BCUT2D eigenvalue weighted by Crippen LogP contribution is -2.13. The first-order chi connectivity index (χ1) is 9.40. The number of rotatable bonds is 4. The first-order valence-corrected chi connectivity index (χ1v) is 7.69. The van der Waals surface area contributed by atoms with Crippen molar-refractivity contribution in [1.29, 1.82) is 0 Å². The van der Waals surface area contributed by atoms with E-state index in [9.17, 15) is 13.2 Å².